The number of halogens is 1. The van der Waals surface area contributed by atoms with Crippen LogP contribution >= 0.6 is 0 Å². The minimum atomic E-state index is -0.784. The summed E-state index contributed by atoms with van der Waals surface area (Å²) in [5, 5.41) is 10.9. The first-order chi connectivity index (χ1) is 13.6. The topological polar surface area (TPSA) is 57.6 Å². The number of benzene rings is 3. The number of carbonyl (C=O) groups is 2. The quantitative estimate of drug-likeness (QED) is 0.419. The van der Waals surface area contributed by atoms with E-state index in [1.165, 1.54) is 29.2 Å². The number of Topliss-reactive ketones (excluding diaryl/α,β-unsaturated/α-hetero) is 1. The maximum absolute atomic E-state index is 13.3. The highest BCUT2D eigenvalue weighted by atomic mass is 19.1. The number of carbonyl (C=O) groups excluding carboxylic acids is 2. The number of hydrogen-bond acceptors (Lipinski definition) is 3. The summed E-state index contributed by atoms with van der Waals surface area (Å²) in [6, 6.07) is 22.2. The van der Waals surface area contributed by atoms with Crippen LogP contribution < -0.4 is 4.90 Å². The number of para-hydroxylation sites is 1. The highest BCUT2D eigenvalue weighted by Crippen LogP contribution is 2.41. The molecule has 0 bridgehead atoms. The lowest BCUT2D eigenvalue weighted by Crippen LogP contribution is -2.29. The number of ketones is 1. The number of amides is 1. The van der Waals surface area contributed by atoms with Gasteiger partial charge in [-0.15, -0.1) is 0 Å². The molecule has 3 aromatic carbocycles. The molecule has 0 saturated carbocycles. The fourth-order valence-electron chi connectivity index (χ4n) is 3.40. The van der Waals surface area contributed by atoms with Gasteiger partial charge in [0.1, 0.15) is 11.6 Å². The molecule has 1 heterocycles. The van der Waals surface area contributed by atoms with Crippen LogP contribution in [0, 0.1) is 5.82 Å². The molecular formula is C23H16FNO3. The van der Waals surface area contributed by atoms with E-state index in [1.54, 1.807) is 48.5 Å². The van der Waals surface area contributed by atoms with E-state index in [0.717, 1.165) is 0 Å². The predicted molar refractivity (Wildman–Crippen MR) is 104 cm³/mol. The van der Waals surface area contributed by atoms with Gasteiger partial charge in [0.05, 0.1) is 11.6 Å². The first kappa shape index (κ1) is 17.7. The van der Waals surface area contributed by atoms with E-state index in [4.69, 9.17) is 0 Å². The molecule has 28 heavy (non-hydrogen) atoms. The first-order valence-electron chi connectivity index (χ1n) is 8.75. The molecule has 1 fully saturated rings. The molecule has 1 aliphatic heterocycles. The Morgan fingerprint density at radius 3 is 2.00 bits per heavy atom. The molecule has 5 heteroatoms. The van der Waals surface area contributed by atoms with Crippen molar-refractivity contribution in [3.8, 4) is 0 Å². The van der Waals surface area contributed by atoms with E-state index in [9.17, 15) is 19.1 Å². The van der Waals surface area contributed by atoms with Gasteiger partial charge in [-0.3, -0.25) is 14.5 Å². The third-order valence-corrected chi connectivity index (χ3v) is 4.71. The van der Waals surface area contributed by atoms with Crippen molar-refractivity contribution in [3.63, 3.8) is 0 Å². The van der Waals surface area contributed by atoms with Gasteiger partial charge in [0.15, 0.2) is 0 Å². The Kier molecular flexibility index (Phi) is 4.49. The molecule has 1 saturated heterocycles. The van der Waals surface area contributed by atoms with Crippen LogP contribution in [0.4, 0.5) is 10.1 Å². The van der Waals surface area contributed by atoms with Crippen LogP contribution in [0.2, 0.25) is 0 Å². The van der Waals surface area contributed by atoms with Gasteiger partial charge in [-0.2, -0.15) is 0 Å². The maximum atomic E-state index is 13.3. The van der Waals surface area contributed by atoms with Crippen LogP contribution in [0.1, 0.15) is 17.2 Å². The highest BCUT2D eigenvalue weighted by Gasteiger charge is 2.46. The monoisotopic (exact) mass is 373 g/mol. The fourth-order valence-corrected chi connectivity index (χ4v) is 3.40. The van der Waals surface area contributed by atoms with Crippen LogP contribution in [0.5, 0.6) is 0 Å². The predicted octanol–water partition coefficient (Wildman–Crippen LogP) is 4.45. The summed E-state index contributed by atoms with van der Waals surface area (Å²) in [6.07, 6.45) is 0. The van der Waals surface area contributed by atoms with Crippen molar-refractivity contribution in [1.29, 1.82) is 0 Å². The lowest BCUT2D eigenvalue weighted by Gasteiger charge is -2.25. The molecular weight excluding hydrogens is 357 g/mol. The fraction of sp³-hybridized carbons (Fsp3) is 0.0435. The van der Waals surface area contributed by atoms with Gasteiger partial charge in [0, 0.05) is 11.3 Å². The molecule has 0 aromatic heterocycles. The van der Waals surface area contributed by atoms with Gasteiger partial charge in [-0.25, -0.2) is 4.39 Å². The van der Waals surface area contributed by atoms with E-state index < -0.39 is 23.5 Å². The van der Waals surface area contributed by atoms with E-state index in [-0.39, 0.29) is 16.9 Å². The van der Waals surface area contributed by atoms with Crippen LogP contribution in [0.25, 0.3) is 5.76 Å². The largest absolute Gasteiger partial charge is 0.507 e. The Morgan fingerprint density at radius 1 is 0.821 bits per heavy atom. The molecule has 4 rings (SSSR count). The highest BCUT2D eigenvalue weighted by molar-refractivity contribution is 6.51. The third-order valence-electron chi connectivity index (χ3n) is 4.71. The SMILES string of the molecule is O=C1C(=O)N(c2ccccc2)[C@@H](c2ccccc2)/C1=C(\O)c1ccc(F)cc1. The van der Waals surface area contributed by atoms with Gasteiger partial charge in [-0.05, 0) is 42.0 Å². The average Bonchev–Trinajstić information content (AvgIpc) is 3.00. The van der Waals surface area contributed by atoms with Crippen LogP contribution in [0.15, 0.2) is 90.5 Å². The number of aliphatic hydroxyl groups is 1. The Labute approximate surface area is 161 Å². The van der Waals surface area contributed by atoms with Crippen molar-refractivity contribution in [2.24, 2.45) is 0 Å². The first-order valence-corrected chi connectivity index (χ1v) is 8.75. The molecule has 3 aromatic rings. The Bertz CT molecular complexity index is 1060. The van der Waals surface area contributed by atoms with E-state index in [0.29, 0.717) is 11.3 Å². The van der Waals surface area contributed by atoms with Crippen molar-refractivity contribution in [3.05, 3.63) is 107 Å². The number of aliphatic hydroxyl groups excluding tert-OH is 1. The zero-order valence-corrected chi connectivity index (χ0v) is 14.7. The van der Waals surface area contributed by atoms with E-state index in [2.05, 4.69) is 0 Å². The number of rotatable bonds is 3. The van der Waals surface area contributed by atoms with Crippen molar-refractivity contribution in [1.82, 2.24) is 0 Å². The Balaban J connectivity index is 1.94. The number of anilines is 1. The van der Waals surface area contributed by atoms with Crippen molar-refractivity contribution < 1.29 is 19.1 Å². The summed E-state index contributed by atoms with van der Waals surface area (Å²) in [5.74, 6) is -2.28. The van der Waals surface area contributed by atoms with Crippen LogP contribution in [-0.4, -0.2) is 16.8 Å². The molecule has 1 amide bonds. The standard InChI is InChI=1S/C23H16FNO3/c24-17-13-11-16(12-14-17)21(26)19-20(15-7-3-1-4-8-15)25(23(28)22(19)27)18-9-5-2-6-10-18/h1-14,20,26H/b21-19+/t20-/m0/s1. The van der Waals surface area contributed by atoms with Crippen molar-refractivity contribution in [2.45, 2.75) is 6.04 Å². The normalized spacial score (nSPS) is 18.5. The van der Waals surface area contributed by atoms with Gasteiger partial charge in [-0.1, -0.05) is 48.5 Å². The second kappa shape index (κ2) is 7.12. The Morgan fingerprint density at radius 2 is 1.39 bits per heavy atom. The second-order valence-corrected chi connectivity index (χ2v) is 6.42. The molecule has 0 unspecified atom stereocenters. The zero-order valence-electron chi connectivity index (χ0n) is 14.7. The summed E-state index contributed by atoms with van der Waals surface area (Å²) >= 11 is 0. The Hall–Kier alpha value is -3.73. The van der Waals surface area contributed by atoms with Gasteiger partial charge >= 0.3 is 0 Å². The molecule has 0 spiro atoms. The molecule has 1 aliphatic rings. The summed E-state index contributed by atoms with van der Waals surface area (Å²) in [5.41, 5.74) is 1.49. The summed E-state index contributed by atoms with van der Waals surface area (Å²) in [4.78, 5) is 27.1. The van der Waals surface area contributed by atoms with Crippen LogP contribution in [-0.2, 0) is 9.59 Å². The number of hydrogen-bond donors (Lipinski definition) is 1. The zero-order chi connectivity index (χ0) is 19.7. The lowest BCUT2D eigenvalue weighted by molar-refractivity contribution is -0.132. The van der Waals surface area contributed by atoms with E-state index >= 15 is 0 Å². The molecule has 138 valence electrons. The minimum Gasteiger partial charge on any atom is -0.507 e. The third kappa shape index (κ3) is 2.97. The maximum Gasteiger partial charge on any atom is 0.300 e. The summed E-state index contributed by atoms with van der Waals surface area (Å²) in [6.45, 7) is 0. The smallest absolute Gasteiger partial charge is 0.300 e. The summed E-state index contributed by atoms with van der Waals surface area (Å²) < 4.78 is 13.3. The van der Waals surface area contributed by atoms with Crippen molar-refractivity contribution >= 4 is 23.1 Å². The van der Waals surface area contributed by atoms with E-state index in [1.807, 2.05) is 12.1 Å². The second-order valence-electron chi connectivity index (χ2n) is 6.42. The van der Waals surface area contributed by atoms with Crippen LogP contribution in [0.3, 0.4) is 0 Å². The lowest BCUT2D eigenvalue weighted by atomic mass is 9.95. The number of nitrogens with zero attached hydrogens (tertiary/aromatic N) is 1. The molecule has 1 N–H and O–H groups in total. The molecule has 0 radical (unpaired) electrons. The molecule has 1 atom stereocenters. The minimum absolute atomic E-state index is 0.0216. The van der Waals surface area contributed by atoms with Gasteiger partial charge in [0.25, 0.3) is 11.7 Å². The average molecular weight is 373 g/mol. The summed E-state index contributed by atoms with van der Waals surface area (Å²) in [7, 11) is 0. The van der Waals surface area contributed by atoms with Crippen molar-refractivity contribution in [2.75, 3.05) is 4.90 Å². The van der Waals surface area contributed by atoms with Gasteiger partial charge in [0.2, 0.25) is 0 Å². The van der Waals surface area contributed by atoms with Gasteiger partial charge < -0.3 is 5.11 Å². The molecule has 4 nitrogen and oxygen atoms in total. The molecule has 0 aliphatic carbocycles.